The molecule has 0 spiro atoms. The van der Waals surface area contributed by atoms with Gasteiger partial charge in [0.05, 0.1) is 0 Å². The molecule has 0 radical (unpaired) electrons. The Labute approximate surface area is 70.8 Å². The van der Waals surface area contributed by atoms with Crippen molar-refractivity contribution < 1.29 is 0 Å². The van der Waals surface area contributed by atoms with Crippen molar-refractivity contribution in [1.29, 1.82) is 0 Å². The highest BCUT2D eigenvalue weighted by Gasteiger charge is 2.13. The van der Waals surface area contributed by atoms with E-state index < -0.39 is 3.79 Å². The predicted octanol–water partition coefficient (Wildman–Crippen LogP) is 3.57. The minimum atomic E-state index is -1.23. The summed E-state index contributed by atoms with van der Waals surface area (Å²) in [6, 6.07) is 0. The molecule has 0 fully saturated rings. The summed E-state index contributed by atoms with van der Waals surface area (Å²) in [4.78, 5) is 0. The molecule has 9 heavy (non-hydrogen) atoms. The lowest BCUT2D eigenvalue weighted by molar-refractivity contribution is 0.828. The molecule has 0 amide bonds. The Morgan fingerprint density at radius 2 is 1.67 bits per heavy atom. The second-order valence-electron chi connectivity index (χ2n) is 2.14. The van der Waals surface area contributed by atoms with E-state index in [-0.39, 0.29) is 0 Å². The highest BCUT2D eigenvalue weighted by molar-refractivity contribution is 6.68. The second-order valence-corrected chi connectivity index (χ2v) is 4.51. The van der Waals surface area contributed by atoms with Crippen molar-refractivity contribution in [2.24, 2.45) is 5.92 Å². The molecule has 0 saturated carbocycles. The van der Waals surface area contributed by atoms with Crippen LogP contribution in [0.15, 0.2) is 12.2 Å². The maximum atomic E-state index is 5.42. The Morgan fingerprint density at radius 1 is 1.22 bits per heavy atom. The van der Waals surface area contributed by atoms with Crippen molar-refractivity contribution in [3.8, 4) is 0 Å². The van der Waals surface area contributed by atoms with Gasteiger partial charge in [-0.15, -0.1) is 0 Å². The zero-order chi connectivity index (χ0) is 7.49. The maximum absolute atomic E-state index is 5.42. The topological polar surface area (TPSA) is 0 Å². The van der Waals surface area contributed by atoms with Crippen LogP contribution in [-0.2, 0) is 0 Å². The first kappa shape index (κ1) is 9.61. The minimum absolute atomic E-state index is 0.431. The molecule has 3 heteroatoms. The third-order valence-corrected chi connectivity index (χ3v) is 1.05. The van der Waals surface area contributed by atoms with Crippen LogP contribution in [0.2, 0.25) is 0 Å². The molecule has 0 aromatic heterocycles. The molecule has 0 unspecified atom stereocenters. The number of allylic oxidation sites excluding steroid dienone is 2. The molecule has 0 N–H and O–H groups in total. The summed E-state index contributed by atoms with van der Waals surface area (Å²) in [5.41, 5.74) is 0. The smallest absolute Gasteiger partial charge is 0.0818 e. The van der Waals surface area contributed by atoms with Crippen LogP contribution in [0.25, 0.3) is 0 Å². The van der Waals surface area contributed by atoms with Crippen molar-refractivity contribution >= 4 is 34.8 Å². The molecule has 0 atom stereocenters. The van der Waals surface area contributed by atoms with Crippen LogP contribution < -0.4 is 0 Å². The molecule has 0 aliphatic carbocycles. The lowest BCUT2D eigenvalue weighted by Crippen LogP contribution is -1.95. The van der Waals surface area contributed by atoms with E-state index >= 15 is 0 Å². The molecule has 0 aromatic rings. The largest absolute Gasteiger partial charge is 0.209 e. The van der Waals surface area contributed by atoms with Crippen LogP contribution in [-0.4, -0.2) is 3.79 Å². The molecule has 0 saturated heterocycles. The van der Waals surface area contributed by atoms with Crippen LogP contribution in [0.5, 0.6) is 0 Å². The molecule has 0 bridgehead atoms. The third kappa shape index (κ3) is 8.61. The average molecular weight is 187 g/mol. The summed E-state index contributed by atoms with van der Waals surface area (Å²) in [7, 11) is 0. The normalized spacial score (nSPS) is 13.6. The van der Waals surface area contributed by atoms with Crippen LogP contribution in [0.4, 0.5) is 0 Å². The predicted molar refractivity (Wildman–Crippen MR) is 44.3 cm³/mol. The SMILES string of the molecule is CC(C)/C=C/C(Cl)(Cl)Cl. The zero-order valence-electron chi connectivity index (χ0n) is 5.37. The van der Waals surface area contributed by atoms with Crippen molar-refractivity contribution in [1.82, 2.24) is 0 Å². The third-order valence-electron chi connectivity index (χ3n) is 0.670. The molecule has 0 rings (SSSR count). The van der Waals surface area contributed by atoms with Crippen molar-refractivity contribution in [2.75, 3.05) is 0 Å². The first-order chi connectivity index (χ1) is 3.92. The van der Waals surface area contributed by atoms with E-state index in [1.807, 2.05) is 19.9 Å². The summed E-state index contributed by atoms with van der Waals surface area (Å²) in [6.07, 6.45) is 3.41. The number of hydrogen-bond acceptors (Lipinski definition) is 0. The first-order valence-electron chi connectivity index (χ1n) is 2.68. The van der Waals surface area contributed by atoms with Crippen molar-refractivity contribution in [2.45, 2.75) is 17.6 Å². The number of rotatable bonds is 1. The van der Waals surface area contributed by atoms with Crippen molar-refractivity contribution in [3.05, 3.63) is 12.2 Å². The van der Waals surface area contributed by atoms with E-state index in [9.17, 15) is 0 Å². The van der Waals surface area contributed by atoms with Crippen LogP contribution in [0, 0.1) is 5.92 Å². The lowest BCUT2D eigenvalue weighted by Gasteiger charge is -2.02. The van der Waals surface area contributed by atoms with Gasteiger partial charge in [0.25, 0.3) is 0 Å². The van der Waals surface area contributed by atoms with Crippen LogP contribution >= 0.6 is 34.8 Å². The monoisotopic (exact) mass is 186 g/mol. The van der Waals surface area contributed by atoms with E-state index in [0.29, 0.717) is 5.92 Å². The maximum Gasteiger partial charge on any atom is 0.209 e. The fourth-order valence-corrected chi connectivity index (χ4v) is 0.520. The summed E-state index contributed by atoms with van der Waals surface area (Å²) in [6.45, 7) is 4.04. The van der Waals surface area contributed by atoms with Gasteiger partial charge in [-0.05, 0) is 12.0 Å². The highest BCUT2D eigenvalue weighted by atomic mass is 35.6. The molecular formula is C6H9Cl3. The van der Waals surface area contributed by atoms with Gasteiger partial charge in [0.15, 0.2) is 0 Å². The van der Waals surface area contributed by atoms with Gasteiger partial charge in [0.2, 0.25) is 3.79 Å². The Kier molecular flexibility index (Phi) is 3.95. The van der Waals surface area contributed by atoms with Gasteiger partial charge in [-0.25, -0.2) is 0 Å². The van der Waals surface area contributed by atoms with Crippen LogP contribution in [0.3, 0.4) is 0 Å². The lowest BCUT2D eigenvalue weighted by atomic mass is 10.2. The van der Waals surface area contributed by atoms with Gasteiger partial charge in [0, 0.05) is 0 Å². The molecular weight excluding hydrogens is 178 g/mol. The van der Waals surface area contributed by atoms with E-state index in [1.54, 1.807) is 6.08 Å². The minimum Gasteiger partial charge on any atom is -0.0818 e. The molecule has 0 aliphatic rings. The summed E-state index contributed by atoms with van der Waals surface area (Å²) in [5.74, 6) is 0.431. The summed E-state index contributed by atoms with van der Waals surface area (Å²) in [5, 5.41) is 0. The van der Waals surface area contributed by atoms with E-state index in [0.717, 1.165) is 0 Å². The molecule has 0 nitrogen and oxygen atoms in total. The molecule has 0 aromatic carbocycles. The fourth-order valence-electron chi connectivity index (χ4n) is 0.302. The highest BCUT2D eigenvalue weighted by Crippen LogP contribution is 2.27. The number of halogens is 3. The summed E-state index contributed by atoms with van der Waals surface area (Å²) >= 11 is 16.3. The van der Waals surface area contributed by atoms with Gasteiger partial charge in [-0.1, -0.05) is 54.7 Å². The molecule has 0 heterocycles. The quantitative estimate of drug-likeness (QED) is 0.435. The second kappa shape index (κ2) is 3.70. The van der Waals surface area contributed by atoms with Gasteiger partial charge in [-0.3, -0.25) is 0 Å². The number of alkyl halides is 3. The standard InChI is InChI=1S/C6H9Cl3/c1-5(2)3-4-6(7,8)9/h3-5H,1-2H3/b4-3+. The van der Waals surface area contributed by atoms with E-state index in [4.69, 9.17) is 34.8 Å². The average Bonchev–Trinajstić information content (AvgIpc) is 1.59. The van der Waals surface area contributed by atoms with Crippen molar-refractivity contribution in [3.63, 3.8) is 0 Å². The number of hydrogen-bond donors (Lipinski definition) is 0. The molecule has 0 aliphatic heterocycles. The first-order valence-corrected chi connectivity index (χ1v) is 3.81. The van der Waals surface area contributed by atoms with Gasteiger partial charge in [-0.2, -0.15) is 0 Å². The van der Waals surface area contributed by atoms with Gasteiger partial charge in [0.1, 0.15) is 0 Å². The zero-order valence-corrected chi connectivity index (χ0v) is 7.63. The Balaban J connectivity index is 3.71. The Hall–Kier alpha value is 0.610. The van der Waals surface area contributed by atoms with E-state index in [1.165, 1.54) is 0 Å². The summed E-state index contributed by atoms with van der Waals surface area (Å²) < 4.78 is -1.23. The molecule has 54 valence electrons. The van der Waals surface area contributed by atoms with Gasteiger partial charge < -0.3 is 0 Å². The Morgan fingerprint density at radius 3 is 1.78 bits per heavy atom. The Bertz CT molecular complexity index is 99.4. The van der Waals surface area contributed by atoms with Crippen LogP contribution in [0.1, 0.15) is 13.8 Å². The fraction of sp³-hybridized carbons (Fsp3) is 0.667. The van der Waals surface area contributed by atoms with Gasteiger partial charge >= 0.3 is 0 Å². The van der Waals surface area contributed by atoms with E-state index in [2.05, 4.69) is 0 Å².